The highest BCUT2D eigenvalue weighted by atomic mass is 16.7. The molecule has 0 spiro atoms. The van der Waals surface area contributed by atoms with Crippen LogP contribution >= 0.6 is 0 Å². The standard InChI is InChI=1S/C59H105NO8/c1-3-5-7-9-11-13-15-17-18-19-20-21-22-23-24-25-26-27-28-29-30-31-32-33-34-35-37-38-40-42-44-46-48-53(62)52(51-67-59-58(66)57(65)56(64)54(50-61)68-59)60-55(63)49-47-45-43-41-39-36-16-14-12-10-8-6-4-2/h6,8,12,14,36,38-40,43,45-46,48,52-54,56-59,61-62,64-66H,3-5,7,9-11,13,15-35,37,41-42,44,47,49-51H2,1-2H3,(H,60,63)/b8-6-,14-12-,39-36-,40-38+,45-43-,48-46+. The van der Waals surface area contributed by atoms with E-state index in [4.69, 9.17) is 9.47 Å². The van der Waals surface area contributed by atoms with Gasteiger partial charge in [-0.05, 0) is 57.8 Å². The lowest BCUT2D eigenvalue weighted by Crippen LogP contribution is -2.60. The molecule has 68 heavy (non-hydrogen) atoms. The minimum absolute atomic E-state index is 0.214. The Morgan fingerprint density at radius 3 is 1.40 bits per heavy atom. The van der Waals surface area contributed by atoms with Gasteiger partial charge in [-0.2, -0.15) is 0 Å². The molecule has 1 fully saturated rings. The second-order valence-electron chi connectivity index (χ2n) is 19.3. The van der Waals surface area contributed by atoms with E-state index in [0.717, 1.165) is 44.9 Å². The number of carbonyl (C=O) groups is 1. The normalized spacial score (nSPS) is 20.1. The summed E-state index contributed by atoms with van der Waals surface area (Å²) >= 11 is 0. The summed E-state index contributed by atoms with van der Waals surface area (Å²) in [6.07, 6.45) is 60.2. The molecule has 7 unspecified atom stereocenters. The smallest absolute Gasteiger partial charge is 0.220 e. The molecule has 0 radical (unpaired) electrons. The van der Waals surface area contributed by atoms with Crippen LogP contribution in [0.5, 0.6) is 0 Å². The molecular formula is C59H105NO8. The Hall–Kier alpha value is -2.37. The lowest BCUT2D eigenvalue weighted by Gasteiger charge is -2.40. The zero-order valence-corrected chi connectivity index (χ0v) is 43.6. The lowest BCUT2D eigenvalue weighted by atomic mass is 9.99. The van der Waals surface area contributed by atoms with Gasteiger partial charge >= 0.3 is 0 Å². The highest BCUT2D eigenvalue weighted by Crippen LogP contribution is 2.23. The summed E-state index contributed by atoms with van der Waals surface area (Å²) in [5.74, 6) is -0.267. The summed E-state index contributed by atoms with van der Waals surface area (Å²) in [5, 5.41) is 54.2. The molecule has 0 saturated carbocycles. The molecule has 394 valence electrons. The summed E-state index contributed by atoms with van der Waals surface area (Å²) < 4.78 is 11.2. The van der Waals surface area contributed by atoms with Crippen LogP contribution in [0, 0.1) is 0 Å². The molecule has 1 rings (SSSR count). The fraction of sp³-hybridized carbons (Fsp3) is 0.780. The van der Waals surface area contributed by atoms with Crippen molar-refractivity contribution in [2.24, 2.45) is 0 Å². The topological polar surface area (TPSA) is 149 Å². The van der Waals surface area contributed by atoms with Crippen LogP contribution in [-0.4, -0.2) is 87.5 Å². The van der Waals surface area contributed by atoms with E-state index < -0.39 is 49.5 Å². The van der Waals surface area contributed by atoms with Gasteiger partial charge in [0.2, 0.25) is 5.91 Å². The number of ether oxygens (including phenoxy) is 2. The summed E-state index contributed by atoms with van der Waals surface area (Å²) in [7, 11) is 0. The van der Waals surface area contributed by atoms with Crippen LogP contribution in [0.2, 0.25) is 0 Å². The van der Waals surface area contributed by atoms with E-state index in [1.807, 2.05) is 18.2 Å². The first-order valence-corrected chi connectivity index (χ1v) is 28.2. The molecular weight excluding hydrogens is 851 g/mol. The van der Waals surface area contributed by atoms with E-state index in [2.05, 4.69) is 67.8 Å². The van der Waals surface area contributed by atoms with E-state index in [1.165, 1.54) is 167 Å². The van der Waals surface area contributed by atoms with Crippen molar-refractivity contribution in [3.05, 3.63) is 72.9 Å². The Kier molecular flexibility index (Phi) is 45.2. The number of hydrogen-bond acceptors (Lipinski definition) is 8. The van der Waals surface area contributed by atoms with Crippen LogP contribution < -0.4 is 5.32 Å². The van der Waals surface area contributed by atoms with Gasteiger partial charge in [-0.1, -0.05) is 247 Å². The molecule has 7 atom stereocenters. The van der Waals surface area contributed by atoms with Gasteiger partial charge < -0.3 is 40.3 Å². The minimum atomic E-state index is -1.59. The van der Waals surface area contributed by atoms with Crippen molar-refractivity contribution in [1.82, 2.24) is 5.32 Å². The number of rotatable bonds is 47. The average Bonchev–Trinajstić information content (AvgIpc) is 3.34. The third-order valence-electron chi connectivity index (χ3n) is 13.0. The molecule has 0 aromatic heterocycles. The van der Waals surface area contributed by atoms with E-state index in [0.29, 0.717) is 6.42 Å². The third kappa shape index (κ3) is 37.5. The van der Waals surface area contributed by atoms with Gasteiger partial charge in [-0.25, -0.2) is 0 Å². The van der Waals surface area contributed by atoms with Crippen LogP contribution in [0.25, 0.3) is 0 Å². The first-order chi connectivity index (χ1) is 33.3. The molecule has 9 nitrogen and oxygen atoms in total. The lowest BCUT2D eigenvalue weighted by molar-refractivity contribution is -0.302. The van der Waals surface area contributed by atoms with Gasteiger partial charge in [0, 0.05) is 6.42 Å². The fourth-order valence-corrected chi connectivity index (χ4v) is 8.60. The number of hydrogen-bond donors (Lipinski definition) is 6. The second-order valence-corrected chi connectivity index (χ2v) is 19.3. The molecule has 0 aromatic carbocycles. The number of allylic oxidation sites excluding steroid dienone is 11. The van der Waals surface area contributed by atoms with Gasteiger partial charge in [0.1, 0.15) is 24.4 Å². The largest absolute Gasteiger partial charge is 0.394 e. The van der Waals surface area contributed by atoms with Crippen molar-refractivity contribution in [3.63, 3.8) is 0 Å². The summed E-state index contributed by atoms with van der Waals surface area (Å²) in [6.45, 7) is 3.60. The molecule has 1 saturated heterocycles. The van der Waals surface area contributed by atoms with Crippen molar-refractivity contribution >= 4 is 5.91 Å². The highest BCUT2D eigenvalue weighted by Gasteiger charge is 2.44. The number of nitrogens with one attached hydrogen (secondary N) is 1. The number of unbranched alkanes of at least 4 members (excludes halogenated alkanes) is 27. The van der Waals surface area contributed by atoms with E-state index in [-0.39, 0.29) is 18.9 Å². The first kappa shape index (κ1) is 63.6. The fourth-order valence-electron chi connectivity index (χ4n) is 8.60. The first-order valence-electron chi connectivity index (χ1n) is 28.2. The minimum Gasteiger partial charge on any atom is -0.394 e. The predicted octanol–water partition coefficient (Wildman–Crippen LogP) is 13.7. The molecule has 0 aromatic rings. The Bertz CT molecular complexity index is 1290. The zero-order chi connectivity index (χ0) is 49.4. The summed E-state index contributed by atoms with van der Waals surface area (Å²) in [4.78, 5) is 12.9. The number of aliphatic hydroxyl groups is 5. The highest BCUT2D eigenvalue weighted by molar-refractivity contribution is 5.76. The van der Waals surface area contributed by atoms with E-state index in [9.17, 15) is 30.3 Å². The molecule has 1 aliphatic heterocycles. The Balaban J connectivity index is 2.20. The molecule has 1 aliphatic rings. The summed E-state index contributed by atoms with van der Waals surface area (Å²) in [5.41, 5.74) is 0. The third-order valence-corrected chi connectivity index (χ3v) is 13.0. The summed E-state index contributed by atoms with van der Waals surface area (Å²) in [6, 6.07) is -0.863. The molecule has 0 bridgehead atoms. The predicted molar refractivity (Wildman–Crippen MR) is 285 cm³/mol. The van der Waals surface area contributed by atoms with Gasteiger partial charge in [0.05, 0.1) is 25.4 Å². The molecule has 0 aliphatic carbocycles. The van der Waals surface area contributed by atoms with Crippen molar-refractivity contribution in [1.29, 1.82) is 0 Å². The van der Waals surface area contributed by atoms with Crippen LogP contribution in [0.3, 0.4) is 0 Å². The molecule has 1 heterocycles. The number of aliphatic hydroxyl groups excluding tert-OH is 5. The van der Waals surface area contributed by atoms with Gasteiger partial charge in [-0.15, -0.1) is 0 Å². The Morgan fingerprint density at radius 2 is 0.926 bits per heavy atom. The van der Waals surface area contributed by atoms with Crippen molar-refractivity contribution in [2.75, 3.05) is 13.2 Å². The Labute approximate surface area is 417 Å². The van der Waals surface area contributed by atoms with Crippen LogP contribution in [0.4, 0.5) is 0 Å². The van der Waals surface area contributed by atoms with Crippen molar-refractivity contribution in [3.8, 4) is 0 Å². The SMILES string of the molecule is CC/C=C\C/C=C\C/C=C\C/C=C\CCC(=O)NC(COC1OC(CO)C(O)C(O)C1O)C(O)/C=C/CC/C=C/CCCCCCCCCCCCCCCCCCCCCCCCCCCC. The number of carbonyl (C=O) groups excluding carboxylic acids is 1. The van der Waals surface area contributed by atoms with Gasteiger partial charge in [0.25, 0.3) is 0 Å². The zero-order valence-electron chi connectivity index (χ0n) is 43.6. The van der Waals surface area contributed by atoms with Crippen molar-refractivity contribution in [2.45, 2.75) is 281 Å². The number of amides is 1. The van der Waals surface area contributed by atoms with Crippen LogP contribution in [-0.2, 0) is 14.3 Å². The maximum absolute atomic E-state index is 12.9. The molecule has 6 N–H and O–H groups in total. The average molecular weight is 956 g/mol. The van der Waals surface area contributed by atoms with Crippen molar-refractivity contribution < 1.29 is 39.8 Å². The van der Waals surface area contributed by atoms with Gasteiger partial charge in [-0.3, -0.25) is 4.79 Å². The van der Waals surface area contributed by atoms with Crippen LogP contribution in [0.1, 0.15) is 239 Å². The van der Waals surface area contributed by atoms with E-state index >= 15 is 0 Å². The van der Waals surface area contributed by atoms with Gasteiger partial charge in [0.15, 0.2) is 6.29 Å². The quantitative estimate of drug-likeness (QED) is 0.0261. The van der Waals surface area contributed by atoms with E-state index in [1.54, 1.807) is 6.08 Å². The maximum atomic E-state index is 12.9. The maximum Gasteiger partial charge on any atom is 0.220 e. The molecule has 1 amide bonds. The Morgan fingerprint density at radius 1 is 0.515 bits per heavy atom. The second kappa shape index (κ2) is 48.3. The monoisotopic (exact) mass is 956 g/mol. The van der Waals surface area contributed by atoms with Crippen LogP contribution in [0.15, 0.2) is 72.9 Å². The molecule has 9 heteroatoms.